The van der Waals surface area contributed by atoms with Crippen molar-refractivity contribution >= 4 is 23.3 Å². The number of carbonyl (C=O) groups is 1. The Labute approximate surface area is 109 Å². The summed E-state index contributed by atoms with van der Waals surface area (Å²) in [5.74, 6) is -0.663. The zero-order valence-corrected chi connectivity index (χ0v) is 11.0. The van der Waals surface area contributed by atoms with E-state index in [9.17, 15) is 9.18 Å². The van der Waals surface area contributed by atoms with Gasteiger partial charge in [-0.2, -0.15) is 0 Å². The number of ether oxygens (including phenoxy) is 1. The summed E-state index contributed by atoms with van der Waals surface area (Å²) in [4.78, 5) is 15.2. The van der Waals surface area contributed by atoms with Gasteiger partial charge in [0.05, 0.1) is 12.8 Å². The highest BCUT2D eigenvalue weighted by Crippen LogP contribution is 2.32. The predicted octanol–water partition coefficient (Wildman–Crippen LogP) is 2.79. The molecule has 1 saturated carbocycles. The summed E-state index contributed by atoms with van der Waals surface area (Å²) in [5.41, 5.74) is 0.703. The van der Waals surface area contributed by atoms with Crippen LogP contribution in [0.4, 0.5) is 10.1 Å². The molecule has 1 fully saturated rings. The van der Waals surface area contributed by atoms with Gasteiger partial charge >= 0.3 is 5.97 Å². The molecule has 6 heteroatoms. The molecule has 4 nitrogen and oxygen atoms in total. The Kier molecular flexibility index (Phi) is 3.71. The molecule has 1 aromatic rings. The van der Waals surface area contributed by atoms with E-state index in [1.807, 2.05) is 0 Å². The normalized spacial score (nSPS) is 14.4. The molecule has 0 atom stereocenters. The quantitative estimate of drug-likeness (QED) is 0.676. The van der Waals surface area contributed by atoms with Gasteiger partial charge in [-0.1, -0.05) is 11.6 Å². The van der Waals surface area contributed by atoms with E-state index in [2.05, 4.69) is 15.0 Å². The van der Waals surface area contributed by atoms with Crippen molar-refractivity contribution in [2.75, 3.05) is 19.0 Å². The first-order valence-corrected chi connectivity index (χ1v) is 6.10. The van der Waals surface area contributed by atoms with Crippen LogP contribution < -0.4 is 5.32 Å². The summed E-state index contributed by atoms with van der Waals surface area (Å²) in [6.07, 6.45) is 2.30. The number of carbonyl (C=O) groups excluding carboxylic acids is 1. The number of anilines is 1. The van der Waals surface area contributed by atoms with Crippen molar-refractivity contribution in [3.05, 3.63) is 22.2 Å². The lowest BCUT2D eigenvalue weighted by Gasteiger charge is -2.13. The van der Waals surface area contributed by atoms with E-state index in [1.54, 1.807) is 6.92 Å². The molecule has 0 aliphatic heterocycles. The van der Waals surface area contributed by atoms with Crippen molar-refractivity contribution < 1.29 is 13.9 Å². The molecule has 98 valence electrons. The first-order valence-electron chi connectivity index (χ1n) is 5.72. The molecule has 1 aromatic heterocycles. The van der Waals surface area contributed by atoms with E-state index in [4.69, 9.17) is 11.6 Å². The summed E-state index contributed by atoms with van der Waals surface area (Å²) >= 11 is 5.69. The Bertz CT molecular complexity index is 489. The molecule has 0 radical (unpaired) electrons. The second-order valence-corrected chi connectivity index (χ2v) is 4.74. The summed E-state index contributed by atoms with van der Waals surface area (Å²) in [7, 11) is 1.25. The van der Waals surface area contributed by atoms with Crippen LogP contribution in [0.15, 0.2) is 0 Å². The molecule has 1 heterocycles. The Morgan fingerprint density at radius 1 is 1.61 bits per heavy atom. The Balaban J connectivity index is 2.34. The Hall–Kier alpha value is -1.36. The maximum absolute atomic E-state index is 13.9. The van der Waals surface area contributed by atoms with Gasteiger partial charge in [-0.25, -0.2) is 14.2 Å². The fourth-order valence-electron chi connectivity index (χ4n) is 1.69. The number of nitrogens with zero attached hydrogens (tertiary/aromatic N) is 1. The van der Waals surface area contributed by atoms with Crippen LogP contribution in [0, 0.1) is 18.7 Å². The largest absolute Gasteiger partial charge is 0.464 e. The number of pyridine rings is 1. The minimum absolute atomic E-state index is 0.0437. The maximum atomic E-state index is 13.9. The minimum Gasteiger partial charge on any atom is -0.464 e. The lowest BCUT2D eigenvalue weighted by atomic mass is 10.1. The van der Waals surface area contributed by atoms with E-state index in [-0.39, 0.29) is 16.5 Å². The number of rotatable bonds is 4. The van der Waals surface area contributed by atoms with Crippen LogP contribution in [0.1, 0.15) is 28.9 Å². The fourth-order valence-corrected chi connectivity index (χ4v) is 1.87. The van der Waals surface area contributed by atoms with Crippen LogP contribution in [0.3, 0.4) is 0 Å². The highest BCUT2D eigenvalue weighted by molar-refractivity contribution is 6.30. The summed E-state index contributed by atoms with van der Waals surface area (Å²) in [6, 6.07) is 0. The van der Waals surface area contributed by atoms with E-state index < -0.39 is 11.8 Å². The number of hydrogen-bond acceptors (Lipinski definition) is 4. The highest BCUT2D eigenvalue weighted by atomic mass is 35.5. The molecular weight excluding hydrogens is 259 g/mol. The number of aromatic nitrogens is 1. The molecule has 0 bridgehead atoms. The number of esters is 1. The van der Waals surface area contributed by atoms with Gasteiger partial charge in [-0.15, -0.1) is 0 Å². The molecule has 0 saturated heterocycles. The summed E-state index contributed by atoms with van der Waals surface area (Å²) in [5, 5.41) is 2.68. The van der Waals surface area contributed by atoms with E-state index in [0.717, 1.165) is 12.8 Å². The van der Waals surface area contributed by atoms with Crippen LogP contribution in [0.2, 0.25) is 5.15 Å². The molecule has 2 rings (SSSR count). The average Bonchev–Trinajstić information content (AvgIpc) is 3.17. The van der Waals surface area contributed by atoms with Crippen molar-refractivity contribution in [2.45, 2.75) is 19.8 Å². The average molecular weight is 273 g/mol. The predicted molar refractivity (Wildman–Crippen MR) is 66.5 cm³/mol. The topological polar surface area (TPSA) is 51.2 Å². The Morgan fingerprint density at radius 3 is 2.83 bits per heavy atom. The maximum Gasteiger partial charge on any atom is 0.357 e. The molecular formula is C12H14ClFN2O2. The van der Waals surface area contributed by atoms with E-state index >= 15 is 0 Å². The van der Waals surface area contributed by atoms with Gasteiger partial charge in [-0.05, 0) is 25.7 Å². The zero-order chi connectivity index (χ0) is 13.3. The first kappa shape index (κ1) is 13.1. The van der Waals surface area contributed by atoms with Gasteiger partial charge in [0.1, 0.15) is 0 Å². The second kappa shape index (κ2) is 5.10. The third-order valence-corrected chi connectivity index (χ3v) is 3.23. The van der Waals surface area contributed by atoms with Crippen molar-refractivity contribution in [2.24, 2.45) is 5.92 Å². The molecule has 0 spiro atoms. The van der Waals surface area contributed by atoms with E-state index in [0.29, 0.717) is 18.0 Å². The third kappa shape index (κ3) is 2.56. The number of halogens is 2. The number of methoxy groups -OCH3 is 1. The molecule has 1 N–H and O–H groups in total. The van der Waals surface area contributed by atoms with Gasteiger partial charge in [-0.3, -0.25) is 0 Å². The molecule has 0 amide bonds. The van der Waals surface area contributed by atoms with Crippen molar-refractivity contribution in [1.29, 1.82) is 0 Å². The molecule has 1 aliphatic carbocycles. The van der Waals surface area contributed by atoms with Gasteiger partial charge in [0, 0.05) is 12.1 Å². The number of hydrogen-bond donors (Lipinski definition) is 1. The SMILES string of the molecule is COC(=O)c1nc(Cl)c(F)c(NCC2CC2)c1C. The fraction of sp³-hybridized carbons (Fsp3) is 0.500. The summed E-state index contributed by atoms with van der Waals surface area (Å²) < 4.78 is 18.5. The van der Waals surface area contributed by atoms with Crippen molar-refractivity contribution in [3.63, 3.8) is 0 Å². The second-order valence-electron chi connectivity index (χ2n) is 4.38. The van der Waals surface area contributed by atoms with Crippen molar-refractivity contribution in [3.8, 4) is 0 Å². The van der Waals surface area contributed by atoms with Crippen LogP contribution in [0.25, 0.3) is 0 Å². The van der Waals surface area contributed by atoms with E-state index in [1.165, 1.54) is 7.11 Å². The van der Waals surface area contributed by atoms with Crippen LogP contribution in [0.5, 0.6) is 0 Å². The lowest BCUT2D eigenvalue weighted by Crippen LogP contribution is -2.13. The summed E-state index contributed by atoms with van der Waals surface area (Å²) in [6.45, 7) is 2.30. The van der Waals surface area contributed by atoms with Gasteiger partial charge in [0.15, 0.2) is 16.7 Å². The lowest BCUT2D eigenvalue weighted by molar-refractivity contribution is 0.0593. The molecule has 0 unspecified atom stereocenters. The highest BCUT2D eigenvalue weighted by Gasteiger charge is 2.24. The third-order valence-electron chi connectivity index (χ3n) is 2.98. The first-order chi connectivity index (χ1) is 8.54. The van der Waals surface area contributed by atoms with Crippen LogP contribution in [-0.2, 0) is 4.74 Å². The van der Waals surface area contributed by atoms with Crippen LogP contribution in [-0.4, -0.2) is 24.6 Å². The Morgan fingerprint density at radius 2 is 2.28 bits per heavy atom. The molecule has 0 aromatic carbocycles. The van der Waals surface area contributed by atoms with Crippen molar-refractivity contribution in [1.82, 2.24) is 4.98 Å². The molecule has 1 aliphatic rings. The zero-order valence-electron chi connectivity index (χ0n) is 10.2. The molecule has 18 heavy (non-hydrogen) atoms. The standard InChI is InChI=1S/C12H14ClFN2O2/c1-6-9(15-5-7-3-4-7)8(14)11(13)16-10(6)12(17)18-2/h7H,3-5H2,1-2H3,(H,15,16). The van der Waals surface area contributed by atoms with Crippen LogP contribution >= 0.6 is 11.6 Å². The van der Waals surface area contributed by atoms with Gasteiger partial charge in [0.25, 0.3) is 0 Å². The smallest absolute Gasteiger partial charge is 0.357 e. The number of nitrogens with one attached hydrogen (secondary N) is 1. The van der Waals surface area contributed by atoms with Gasteiger partial charge in [0.2, 0.25) is 0 Å². The monoisotopic (exact) mass is 272 g/mol. The minimum atomic E-state index is -0.623. The van der Waals surface area contributed by atoms with Gasteiger partial charge < -0.3 is 10.1 Å².